The smallest absolute Gasteiger partial charge is 0.0384 e. The molecule has 2 bridgehead atoms. The SMILES string of the molecule is CC(C)c1cc(-c2cc3c(cc2-c2cc(C(C)C)c(N)c(C(C)C)c2)C2c4cc(-c5cc(C(C)C)c(N)c(C(C)C)c5)c(-c5cc(C(C)C)c(N)c(C(C)C)c5)cc4C3c3cc(-c4cc(C(C)C)c(N)c(C(C)C)c4)c(-c4cc(C(C)C)c(N)c(C(C)C)c4)cc32)cc(C(C)C)c1N. The first-order valence-electron chi connectivity index (χ1n) is 37.2. The van der Waals surface area contributed by atoms with Crippen molar-refractivity contribution in [1.29, 1.82) is 0 Å². The minimum absolute atomic E-state index is 0.196. The molecule has 0 radical (unpaired) electrons. The Morgan fingerprint density at radius 2 is 0.255 bits per heavy atom. The summed E-state index contributed by atoms with van der Waals surface area (Å²) < 4.78 is 0. The van der Waals surface area contributed by atoms with Crippen LogP contribution in [0.2, 0.25) is 0 Å². The van der Waals surface area contributed by atoms with Crippen molar-refractivity contribution in [3.8, 4) is 66.8 Å². The Hall–Kier alpha value is -8.22. The Labute approximate surface area is 590 Å². The maximum Gasteiger partial charge on any atom is 0.0384 e. The standard InChI is InChI=1S/C92H116N6/c1-43(2)61-25-55(26-62(44(3)4)87(61)93)73-37-79-80(38-74(73)56-27-63(45(5)6)88(94)64(28-56)46(7)8)86-83-41-77(59-33-69(51(17)18)91(97)70(34-59)52(19)20)75(57-29-65(47(9)10)89(95)66(30-57)48(11)12)39-81(83)85(79)82-40-76(58-31-67(49(13)14)90(96)68(32-58)50(15)16)78(42-84(82)86)60-35-71(53(21)22)92(98)72(36-60)54(23)24/h25-54,85-86H,93-98H2,1-24H3. The monoisotopic (exact) mass is 1300 g/mol. The first-order valence-corrected chi connectivity index (χ1v) is 37.2. The van der Waals surface area contributed by atoms with Crippen LogP contribution in [0.15, 0.2) is 109 Å². The summed E-state index contributed by atoms with van der Waals surface area (Å²) in [6.45, 7) is 54.7. The fourth-order valence-corrected chi connectivity index (χ4v) is 16.7. The zero-order valence-electron chi connectivity index (χ0n) is 63.9. The van der Waals surface area contributed by atoms with E-state index in [1.165, 1.54) is 167 Å². The fourth-order valence-electron chi connectivity index (χ4n) is 16.7. The summed E-state index contributed by atoms with van der Waals surface area (Å²) in [5.74, 6) is 2.00. The highest BCUT2D eigenvalue weighted by Crippen LogP contribution is 2.62. The number of nitrogens with two attached hydrogens (primary N) is 6. The van der Waals surface area contributed by atoms with Gasteiger partial charge in [-0.1, -0.05) is 166 Å². The topological polar surface area (TPSA) is 156 Å². The molecular weight excluding hydrogens is 1190 g/mol. The molecule has 0 saturated heterocycles. The third-order valence-corrected chi connectivity index (χ3v) is 22.3. The number of hydrogen-bond acceptors (Lipinski definition) is 6. The number of nitrogen functional groups attached to an aromatic ring is 6. The molecule has 12 rings (SSSR count). The molecule has 0 amide bonds. The van der Waals surface area contributed by atoms with Gasteiger partial charge >= 0.3 is 0 Å². The molecular formula is C92H116N6. The van der Waals surface area contributed by atoms with Gasteiger partial charge in [0.05, 0.1) is 0 Å². The summed E-state index contributed by atoms with van der Waals surface area (Å²) in [5, 5.41) is 0. The van der Waals surface area contributed by atoms with Gasteiger partial charge in [0.15, 0.2) is 0 Å². The van der Waals surface area contributed by atoms with E-state index in [2.05, 4.69) is 275 Å². The summed E-state index contributed by atoms with van der Waals surface area (Å²) in [4.78, 5) is 0. The van der Waals surface area contributed by atoms with E-state index in [1.54, 1.807) is 0 Å². The molecule has 12 N–H and O–H groups in total. The van der Waals surface area contributed by atoms with Crippen LogP contribution in [-0.2, 0) is 0 Å². The van der Waals surface area contributed by atoms with Gasteiger partial charge in [-0.05, 0) is 347 Å². The highest BCUT2D eigenvalue weighted by molar-refractivity contribution is 5.95. The van der Waals surface area contributed by atoms with E-state index in [0.717, 1.165) is 34.1 Å². The minimum atomic E-state index is -0.196. The molecule has 0 unspecified atom stereocenters. The molecule has 3 aliphatic carbocycles. The Morgan fingerprint density at radius 3 is 0.337 bits per heavy atom. The van der Waals surface area contributed by atoms with Crippen molar-refractivity contribution >= 4 is 34.1 Å². The van der Waals surface area contributed by atoms with Gasteiger partial charge in [0, 0.05) is 46.0 Å². The predicted molar refractivity (Wildman–Crippen MR) is 429 cm³/mol. The molecule has 9 aromatic rings. The Morgan fingerprint density at radius 1 is 0.163 bits per heavy atom. The van der Waals surface area contributed by atoms with Crippen LogP contribution in [0.1, 0.15) is 349 Å². The molecule has 6 heteroatoms. The van der Waals surface area contributed by atoms with E-state index < -0.39 is 0 Å². The second-order valence-corrected chi connectivity index (χ2v) is 33.2. The molecule has 514 valence electrons. The van der Waals surface area contributed by atoms with Crippen LogP contribution in [0, 0.1) is 0 Å². The minimum Gasteiger partial charge on any atom is -0.398 e. The van der Waals surface area contributed by atoms with Crippen LogP contribution < -0.4 is 34.4 Å². The van der Waals surface area contributed by atoms with E-state index >= 15 is 0 Å². The summed E-state index contributed by atoms with van der Waals surface area (Å²) in [6, 6.07) is 44.6. The third-order valence-electron chi connectivity index (χ3n) is 22.3. The van der Waals surface area contributed by atoms with Gasteiger partial charge in [0.2, 0.25) is 0 Å². The maximum atomic E-state index is 7.29. The largest absolute Gasteiger partial charge is 0.398 e. The Bertz CT molecular complexity index is 3680. The lowest BCUT2D eigenvalue weighted by atomic mass is 9.59. The van der Waals surface area contributed by atoms with Gasteiger partial charge in [0.1, 0.15) is 0 Å². The Kier molecular flexibility index (Phi) is 19.4. The summed E-state index contributed by atoms with van der Waals surface area (Å²) in [7, 11) is 0. The number of hydrogen-bond donors (Lipinski definition) is 6. The van der Waals surface area contributed by atoms with Crippen molar-refractivity contribution in [3.05, 3.63) is 209 Å². The molecule has 0 heterocycles. The number of anilines is 6. The highest BCUT2D eigenvalue weighted by Gasteiger charge is 2.44. The van der Waals surface area contributed by atoms with Crippen molar-refractivity contribution in [1.82, 2.24) is 0 Å². The summed E-state index contributed by atoms with van der Waals surface area (Å²) in [6.07, 6.45) is 0. The van der Waals surface area contributed by atoms with E-state index in [0.29, 0.717) is 0 Å². The van der Waals surface area contributed by atoms with Crippen LogP contribution in [0.5, 0.6) is 0 Å². The lowest BCUT2D eigenvalue weighted by Crippen LogP contribution is -2.28. The van der Waals surface area contributed by atoms with Gasteiger partial charge < -0.3 is 34.4 Å². The zero-order chi connectivity index (χ0) is 71.6. The molecule has 0 aliphatic heterocycles. The third kappa shape index (κ3) is 12.3. The molecule has 3 aliphatic rings. The van der Waals surface area contributed by atoms with E-state index in [-0.39, 0.29) is 82.9 Å². The molecule has 98 heavy (non-hydrogen) atoms. The summed E-state index contributed by atoms with van der Waals surface area (Å²) in [5.41, 5.74) is 85.3. The van der Waals surface area contributed by atoms with Crippen LogP contribution in [0.4, 0.5) is 34.1 Å². The molecule has 0 spiro atoms. The second kappa shape index (κ2) is 26.8. The van der Waals surface area contributed by atoms with Crippen LogP contribution >= 0.6 is 0 Å². The number of rotatable bonds is 18. The van der Waals surface area contributed by atoms with E-state index in [9.17, 15) is 0 Å². The van der Waals surface area contributed by atoms with Crippen molar-refractivity contribution in [2.45, 2.75) is 249 Å². The quantitative estimate of drug-likeness (QED) is 0.0470. The lowest BCUT2D eigenvalue weighted by Gasteiger charge is -2.44. The predicted octanol–water partition coefficient (Wildman–Crippen LogP) is 25.6. The van der Waals surface area contributed by atoms with Crippen molar-refractivity contribution in [3.63, 3.8) is 0 Å². The zero-order valence-corrected chi connectivity index (χ0v) is 63.9. The Balaban J connectivity index is 1.38. The molecule has 0 aromatic heterocycles. The normalized spacial score (nSPS) is 14.4. The van der Waals surface area contributed by atoms with Crippen LogP contribution in [0.25, 0.3) is 66.8 Å². The highest BCUT2D eigenvalue weighted by atomic mass is 14.6. The average molecular weight is 1310 g/mol. The first-order chi connectivity index (χ1) is 46.0. The molecule has 9 aromatic carbocycles. The maximum absolute atomic E-state index is 7.29. The molecule has 0 fully saturated rings. The van der Waals surface area contributed by atoms with E-state index in [4.69, 9.17) is 34.4 Å². The fraction of sp³-hybridized carbons (Fsp3) is 0.413. The second-order valence-electron chi connectivity index (χ2n) is 33.2. The van der Waals surface area contributed by atoms with Gasteiger partial charge in [-0.15, -0.1) is 0 Å². The van der Waals surface area contributed by atoms with Gasteiger partial charge in [0.25, 0.3) is 0 Å². The molecule has 0 saturated carbocycles. The average Bonchev–Trinajstić information content (AvgIpc) is 0.685. The van der Waals surface area contributed by atoms with Crippen molar-refractivity contribution in [2.75, 3.05) is 34.4 Å². The summed E-state index contributed by atoms with van der Waals surface area (Å²) >= 11 is 0. The van der Waals surface area contributed by atoms with Gasteiger partial charge in [-0.25, -0.2) is 0 Å². The lowest BCUT2D eigenvalue weighted by molar-refractivity contribution is 0.756. The van der Waals surface area contributed by atoms with Crippen LogP contribution in [-0.4, -0.2) is 0 Å². The molecule has 6 nitrogen and oxygen atoms in total. The van der Waals surface area contributed by atoms with Crippen molar-refractivity contribution < 1.29 is 0 Å². The van der Waals surface area contributed by atoms with Crippen LogP contribution in [0.3, 0.4) is 0 Å². The van der Waals surface area contributed by atoms with Crippen molar-refractivity contribution in [2.24, 2.45) is 0 Å². The van der Waals surface area contributed by atoms with Gasteiger partial charge in [-0.3, -0.25) is 0 Å². The first kappa shape index (κ1) is 71.1. The number of benzene rings is 9. The van der Waals surface area contributed by atoms with Gasteiger partial charge in [-0.2, -0.15) is 0 Å². The molecule has 0 atom stereocenters. The van der Waals surface area contributed by atoms with E-state index in [1.807, 2.05) is 0 Å².